The van der Waals surface area contributed by atoms with Gasteiger partial charge in [-0.1, -0.05) is 43.1 Å². The molecule has 8 heteroatoms. The van der Waals surface area contributed by atoms with Crippen molar-refractivity contribution in [3.8, 4) is 0 Å². The fourth-order valence-corrected chi connectivity index (χ4v) is 3.87. The van der Waals surface area contributed by atoms with Gasteiger partial charge in [-0.2, -0.15) is 11.8 Å². The summed E-state index contributed by atoms with van der Waals surface area (Å²) >= 11 is 13.8. The van der Waals surface area contributed by atoms with Crippen LogP contribution in [0.25, 0.3) is 0 Å². The minimum Gasteiger partial charge on any atom is -0.444 e. The number of hydrogen-bond acceptors (Lipinski definition) is 4. The van der Waals surface area contributed by atoms with Crippen LogP contribution >= 0.6 is 35.0 Å². The van der Waals surface area contributed by atoms with E-state index in [0.717, 1.165) is 5.56 Å². The molecule has 0 heterocycles. The first-order valence-corrected chi connectivity index (χ1v) is 11.2. The lowest BCUT2D eigenvalue weighted by molar-refractivity contribution is -0.123. The van der Waals surface area contributed by atoms with Crippen LogP contribution in [0.4, 0.5) is 4.79 Å². The van der Waals surface area contributed by atoms with Crippen LogP contribution in [0.3, 0.4) is 0 Å². The highest BCUT2D eigenvalue weighted by molar-refractivity contribution is 7.98. The Labute approximate surface area is 182 Å². The Morgan fingerprint density at radius 3 is 2.36 bits per heavy atom. The van der Waals surface area contributed by atoms with Gasteiger partial charge in [-0.3, -0.25) is 4.79 Å². The van der Waals surface area contributed by atoms with E-state index in [4.69, 9.17) is 27.9 Å². The van der Waals surface area contributed by atoms with Gasteiger partial charge in [-0.15, -0.1) is 0 Å². The largest absolute Gasteiger partial charge is 0.444 e. The molecule has 0 aliphatic carbocycles. The zero-order chi connectivity index (χ0) is 21.5. The third-order valence-electron chi connectivity index (χ3n) is 3.77. The van der Waals surface area contributed by atoms with Gasteiger partial charge in [0, 0.05) is 21.8 Å². The number of amides is 2. The molecular weight excluding hydrogens is 419 g/mol. The molecule has 1 aromatic carbocycles. The molecule has 0 bridgehead atoms. The second-order valence-electron chi connectivity index (χ2n) is 7.96. The molecule has 28 heavy (non-hydrogen) atoms. The molecule has 2 amide bonds. The maximum absolute atomic E-state index is 12.7. The average Bonchev–Trinajstić information content (AvgIpc) is 2.53. The van der Waals surface area contributed by atoms with Crippen molar-refractivity contribution in [2.24, 2.45) is 5.92 Å². The maximum atomic E-state index is 12.7. The van der Waals surface area contributed by atoms with Crippen LogP contribution in [0.5, 0.6) is 0 Å². The third kappa shape index (κ3) is 8.93. The molecule has 2 N–H and O–H groups in total. The van der Waals surface area contributed by atoms with Gasteiger partial charge in [0.2, 0.25) is 5.91 Å². The number of ether oxygens (including phenoxy) is 1. The first-order valence-electron chi connectivity index (χ1n) is 9.18. The fourth-order valence-electron chi connectivity index (χ4n) is 2.55. The van der Waals surface area contributed by atoms with E-state index in [1.54, 1.807) is 44.7 Å². The van der Waals surface area contributed by atoms with Gasteiger partial charge < -0.3 is 15.4 Å². The number of thioether (sulfide) groups is 1. The topological polar surface area (TPSA) is 67.4 Å². The Bertz CT molecular complexity index is 678. The first kappa shape index (κ1) is 24.9. The van der Waals surface area contributed by atoms with Crippen LogP contribution in [0.15, 0.2) is 18.2 Å². The number of carbonyl (C=O) groups is 2. The number of alkyl carbamates (subject to hydrolysis) is 1. The lowest BCUT2D eigenvalue weighted by atomic mass is 10.0. The van der Waals surface area contributed by atoms with Crippen LogP contribution in [-0.2, 0) is 9.53 Å². The number of carbonyl (C=O) groups excluding carboxylic acids is 2. The van der Waals surface area contributed by atoms with Crippen molar-refractivity contribution in [3.63, 3.8) is 0 Å². The molecule has 0 aliphatic rings. The summed E-state index contributed by atoms with van der Waals surface area (Å²) in [6.45, 7) is 9.71. The number of hydrogen-bond donors (Lipinski definition) is 2. The van der Waals surface area contributed by atoms with E-state index in [1.807, 2.05) is 26.2 Å². The average molecular weight is 449 g/mol. The number of halogens is 2. The van der Waals surface area contributed by atoms with Gasteiger partial charge in [-0.05, 0) is 57.1 Å². The van der Waals surface area contributed by atoms with Gasteiger partial charge in [0.15, 0.2) is 0 Å². The zero-order valence-electron chi connectivity index (χ0n) is 17.3. The van der Waals surface area contributed by atoms with Crippen molar-refractivity contribution >= 4 is 47.0 Å². The van der Waals surface area contributed by atoms with Gasteiger partial charge in [0.25, 0.3) is 0 Å². The van der Waals surface area contributed by atoms with E-state index in [-0.39, 0.29) is 17.1 Å². The molecule has 0 saturated carbocycles. The molecular formula is C20H30Cl2N2O3S. The summed E-state index contributed by atoms with van der Waals surface area (Å²) in [6.07, 6.45) is 1.86. The second kappa shape index (κ2) is 11.2. The molecule has 0 saturated heterocycles. The summed E-state index contributed by atoms with van der Waals surface area (Å²) in [4.78, 5) is 24.8. The standard InChI is InChI=1S/C20H30Cl2N2O3S/c1-12(2)9-16(24-19(26)27-20(3,4)5)18(25)23-11-17(28-6)14-8-7-13(21)10-15(14)22/h7-8,10,12,16-17H,9,11H2,1-6H3,(H,23,25)(H,24,26). The predicted molar refractivity (Wildman–Crippen MR) is 118 cm³/mol. The molecule has 2 atom stereocenters. The summed E-state index contributed by atoms with van der Waals surface area (Å²) in [5, 5.41) is 6.70. The van der Waals surface area contributed by atoms with E-state index >= 15 is 0 Å². The normalized spacial score (nSPS) is 13.8. The van der Waals surface area contributed by atoms with Crippen molar-refractivity contribution in [2.75, 3.05) is 12.8 Å². The molecule has 0 aliphatic heterocycles. The van der Waals surface area contributed by atoms with Crippen molar-refractivity contribution in [1.29, 1.82) is 0 Å². The highest BCUT2D eigenvalue weighted by Gasteiger charge is 2.26. The van der Waals surface area contributed by atoms with Crippen LogP contribution in [0, 0.1) is 5.92 Å². The van der Waals surface area contributed by atoms with Crippen LogP contribution < -0.4 is 10.6 Å². The Hall–Kier alpha value is -1.11. The van der Waals surface area contributed by atoms with Crippen molar-refractivity contribution in [2.45, 2.75) is 57.9 Å². The van der Waals surface area contributed by atoms with Crippen LogP contribution in [-0.4, -0.2) is 36.4 Å². The Kier molecular flexibility index (Phi) is 9.95. The number of rotatable bonds is 8. The summed E-state index contributed by atoms with van der Waals surface area (Å²) < 4.78 is 5.28. The summed E-state index contributed by atoms with van der Waals surface area (Å²) in [6, 6.07) is 4.66. The quantitative estimate of drug-likeness (QED) is 0.554. The lowest BCUT2D eigenvalue weighted by Gasteiger charge is -2.25. The Morgan fingerprint density at radius 1 is 1.21 bits per heavy atom. The van der Waals surface area contributed by atoms with Gasteiger partial charge in [0.05, 0.1) is 0 Å². The van der Waals surface area contributed by atoms with Crippen LogP contribution in [0.1, 0.15) is 51.9 Å². The third-order valence-corrected chi connectivity index (χ3v) is 5.32. The molecule has 1 rings (SSSR count). The van der Waals surface area contributed by atoms with Crippen molar-refractivity contribution in [3.05, 3.63) is 33.8 Å². The van der Waals surface area contributed by atoms with Crippen LogP contribution in [0.2, 0.25) is 10.0 Å². The second-order valence-corrected chi connectivity index (χ2v) is 9.85. The van der Waals surface area contributed by atoms with E-state index in [9.17, 15) is 9.59 Å². The summed E-state index contributed by atoms with van der Waals surface area (Å²) in [7, 11) is 0. The summed E-state index contributed by atoms with van der Waals surface area (Å²) in [5.41, 5.74) is 0.275. The van der Waals surface area contributed by atoms with E-state index in [2.05, 4.69) is 10.6 Å². The SMILES string of the molecule is CSC(CNC(=O)C(CC(C)C)NC(=O)OC(C)(C)C)c1ccc(Cl)cc1Cl. The smallest absolute Gasteiger partial charge is 0.408 e. The maximum Gasteiger partial charge on any atom is 0.408 e. The van der Waals surface area contributed by atoms with Crippen molar-refractivity contribution in [1.82, 2.24) is 10.6 Å². The lowest BCUT2D eigenvalue weighted by Crippen LogP contribution is -2.49. The molecule has 0 fully saturated rings. The minimum atomic E-state index is -0.668. The Balaban J connectivity index is 2.78. The number of benzene rings is 1. The zero-order valence-corrected chi connectivity index (χ0v) is 19.6. The molecule has 1 aromatic rings. The monoisotopic (exact) mass is 448 g/mol. The molecule has 5 nitrogen and oxygen atoms in total. The number of nitrogens with one attached hydrogen (secondary N) is 2. The molecule has 2 unspecified atom stereocenters. The highest BCUT2D eigenvalue weighted by Crippen LogP contribution is 2.33. The predicted octanol–water partition coefficient (Wildman–Crippen LogP) is 5.45. The highest BCUT2D eigenvalue weighted by atomic mass is 35.5. The molecule has 0 aromatic heterocycles. The first-order chi connectivity index (χ1) is 12.9. The van der Waals surface area contributed by atoms with E-state index < -0.39 is 17.7 Å². The fraction of sp³-hybridized carbons (Fsp3) is 0.600. The molecule has 0 spiro atoms. The van der Waals surface area contributed by atoms with Gasteiger partial charge in [-0.25, -0.2) is 4.79 Å². The molecule has 0 radical (unpaired) electrons. The minimum absolute atomic E-state index is 0.0325. The van der Waals surface area contributed by atoms with Gasteiger partial charge >= 0.3 is 6.09 Å². The van der Waals surface area contributed by atoms with Gasteiger partial charge in [0.1, 0.15) is 11.6 Å². The van der Waals surface area contributed by atoms with E-state index in [0.29, 0.717) is 23.0 Å². The van der Waals surface area contributed by atoms with Crippen molar-refractivity contribution < 1.29 is 14.3 Å². The summed E-state index contributed by atoms with van der Waals surface area (Å²) in [5.74, 6) is -0.0172. The van der Waals surface area contributed by atoms with E-state index in [1.165, 1.54) is 0 Å². The Morgan fingerprint density at radius 2 is 1.86 bits per heavy atom. The molecule has 158 valence electrons.